The molecule has 0 saturated carbocycles. The zero-order valence-electron chi connectivity index (χ0n) is 20.6. The second kappa shape index (κ2) is 10.6. The van der Waals surface area contributed by atoms with Gasteiger partial charge in [-0.15, -0.1) is 0 Å². The normalized spacial score (nSPS) is 10.8. The quantitative estimate of drug-likeness (QED) is 0.147. The number of hydrogen-bond acceptors (Lipinski definition) is 2. The maximum absolute atomic E-state index is 5.46. The van der Waals surface area contributed by atoms with Gasteiger partial charge in [-0.25, -0.2) is 0 Å². The molecule has 5 aromatic carbocycles. The van der Waals surface area contributed by atoms with Crippen LogP contribution in [0, 0.1) is 10.5 Å². The van der Waals surface area contributed by atoms with Crippen molar-refractivity contribution in [1.82, 2.24) is 0 Å². The van der Waals surface area contributed by atoms with E-state index in [2.05, 4.69) is 114 Å². The Hall–Kier alpha value is -3.57. The van der Waals surface area contributed by atoms with Gasteiger partial charge >= 0.3 is 0 Å². The van der Waals surface area contributed by atoms with Crippen LogP contribution < -0.4 is 9.47 Å². The number of halogens is 1. The minimum atomic E-state index is 0.838. The molecular weight excluding hydrogens is 555 g/mol. The third kappa shape index (κ3) is 4.89. The van der Waals surface area contributed by atoms with E-state index in [1.807, 2.05) is 24.3 Å². The molecule has 0 aliphatic carbocycles. The second-order valence-electron chi connectivity index (χ2n) is 8.75. The molecule has 36 heavy (non-hydrogen) atoms. The predicted molar refractivity (Wildman–Crippen MR) is 159 cm³/mol. The summed E-state index contributed by atoms with van der Waals surface area (Å²) in [4.78, 5) is 0. The summed E-state index contributed by atoms with van der Waals surface area (Å²) in [5.41, 5.74) is 8.23. The van der Waals surface area contributed by atoms with Gasteiger partial charge in [0, 0.05) is 3.57 Å². The number of hydrogen-bond donors (Lipinski definition) is 0. The summed E-state index contributed by atoms with van der Waals surface area (Å²) >= 11 is 2.48. The zero-order valence-corrected chi connectivity index (χ0v) is 22.7. The maximum atomic E-state index is 5.46. The molecule has 0 bridgehead atoms. The Kier molecular flexibility index (Phi) is 7.10. The van der Waals surface area contributed by atoms with Crippen LogP contribution in [0.4, 0.5) is 0 Å². The van der Waals surface area contributed by atoms with E-state index in [-0.39, 0.29) is 0 Å². The van der Waals surface area contributed by atoms with E-state index in [4.69, 9.17) is 9.47 Å². The van der Waals surface area contributed by atoms with Gasteiger partial charge in [-0.05, 0) is 110 Å². The van der Waals surface area contributed by atoms with E-state index in [1.54, 1.807) is 14.2 Å². The number of benzene rings is 5. The Bertz CT molecular complexity index is 1480. The molecule has 0 heterocycles. The lowest BCUT2D eigenvalue weighted by molar-refractivity contribution is 0.414. The van der Waals surface area contributed by atoms with Gasteiger partial charge < -0.3 is 9.47 Å². The van der Waals surface area contributed by atoms with Gasteiger partial charge in [0.2, 0.25) is 0 Å². The van der Waals surface area contributed by atoms with Crippen molar-refractivity contribution in [3.63, 3.8) is 0 Å². The molecule has 0 radical (unpaired) electrons. The molecule has 3 heteroatoms. The van der Waals surface area contributed by atoms with E-state index >= 15 is 0 Å². The van der Waals surface area contributed by atoms with Crippen molar-refractivity contribution in [1.29, 1.82) is 0 Å². The molecule has 0 spiro atoms. The molecule has 0 saturated heterocycles. The average molecular weight is 582 g/mol. The van der Waals surface area contributed by atoms with Gasteiger partial charge in [-0.1, -0.05) is 78.4 Å². The maximum Gasteiger partial charge on any atom is 0.118 e. The van der Waals surface area contributed by atoms with Crippen molar-refractivity contribution in [3.8, 4) is 11.5 Å². The Morgan fingerprint density at radius 1 is 0.556 bits per heavy atom. The molecule has 0 atom stereocenters. The van der Waals surface area contributed by atoms with Crippen molar-refractivity contribution in [2.24, 2.45) is 0 Å². The molecule has 178 valence electrons. The van der Waals surface area contributed by atoms with Crippen LogP contribution in [-0.4, -0.2) is 14.2 Å². The largest absolute Gasteiger partial charge is 0.497 e. The lowest BCUT2D eigenvalue weighted by Crippen LogP contribution is -2.00. The number of rotatable bonds is 6. The van der Waals surface area contributed by atoms with Gasteiger partial charge in [-0.3, -0.25) is 0 Å². The molecule has 0 unspecified atom stereocenters. The van der Waals surface area contributed by atoms with Crippen LogP contribution in [0.2, 0.25) is 0 Å². The summed E-state index contributed by atoms with van der Waals surface area (Å²) in [5, 5.41) is 2.46. The van der Waals surface area contributed by atoms with E-state index in [0.29, 0.717) is 0 Å². The van der Waals surface area contributed by atoms with E-state index in [1.165, 1.54) is 36.6 Å². The summed E-state index contributed by atoms with van der Waals surface area (Å²) in [5.74, 6) is 1.68. The third-order valence-corrected chi connectivity index (χ3v) is 7.34. The lowest BCUT2D eigenvalue weighted by atomic mass is 9.85. The monoisotopic (exact) mass is 582 g/mol. The highest BCUT2D eigenvalue weighted by molar-refractivity contribution is 14.1. The molecular formula is C33H27IO2. The molecule has 5 aromatic rings. The highest BCUT2D eigenvalue weighted by Crippen LogP contribution is 2.40. The van der Waals surface area contributed by atoms with Crippen molar-refractivity contribution in [2.75, 3.05) is 14.2 Å². The smallest absolute Gasteiger partial charge is 0.118 e. The molecule has 0 aromatic heterocycles. The van der Waals surface area contributed by atoms with Crippen molar-refractivity contribution in [3.05, 3.63) is 141 Å². The number of fused-ring (bicyclic) bond motifs is 1. The van der Waals surface area contributed by atoms with Crippen LogP contribution >= 0.6 is 22.6 Å². The molecule has 0 aliphatic heterocycles. The van der Waals surface area contributed by atoms with Crippen LogP contribution in [0.5, 0.6) is 11.5 Å². The van der Waals surface area contributed by atoms with E-state index in [9.17, 15) is 0 Å². The molecule has 0 N–H and O–H groups in total. The van der Waals surface area contributed by atoms with E-state index < -0.39 is 0 Å². The summed E-state index contributed by atoms with van der Waals surface area (Å²) in [6.07, 6.45) is 0. The Labute approximate surface area is 226 Å². The first-order valence-electron chi connectivity index (χ1n) is 11.9. The SMILES string of the molecule is COc1ccc(C(=C(c2ccc(C)cc2)c2cc3ccccc3cc2I)c2ccc(OC)cc2)cc1. The molecule has 0 aliphatic rings. The van der Waals surface area contributed by atoms with Crippen molar-refractivity contribution in [2.45, 2.75) is 6.92 Å². The minimum Gasteiger partial charge on any atom is -0.497 e. The van der Waals surface area contributed by atoms with Crippen LogP contribution in [0.3, 0.4) is 0 Å². The lowest BCUT2D eigenvalue weighted by Gasteiger charge is -2.20. The molecule has 5 rings (SSSR count). The molecule has 0 fully saturated rings. The highest BCUT2D eigenvalue weighted by Gasteiger charge is 2.19. The summed E-state index contributed by atoms with van der Waals surface area (Å²) in [6.45, 7) is 2.13. The topological polar surface area (TPSA) is 18.5 Å². The Balaban J connectivity index is 1.88. The fraction of sp³-hybridized carbons (Fsp3) is 0.0909. The fourth-order valence-electron chi connectivity index (χ4n) is 4.53. The zero-order chi connectivity index (χ0) is 25.1. The predicted octanol–water partition coefficient (Wildman–Crippen LogP) is 8.78. The van der Waals surface area contributed by atoms with Gasteiger partial charge in [0.1, 0.15) is 11.5 Å². The molecule has 2 nitrogen and oxygen atoms in total. The van der Waals surface area contributed by atoms with Crippen LogP contribution in [0.15, 0.2) is 109 Å². The first-order chi connectivity index (χ1) is 17.6. The number of methoxy groups -OCH3 is 2. The standard InChI is InChI=1S/C33H27IO2/c1-22-8-10-25(11-9-22)33(30-20-26-6-4-5-7-27(26)21-31(30)34)32(23-12-16-28(35-2)17-13-23)24-14-18-29(36-3)19-15-24/h4-21H,1-3H3. The first-order valence-corrected chi connectivity index (χ1v) is 12.9. The number of ether oxygens (including phenoxy) is 2. The molecule has 0 amide bonds. The first kappa shape index (κ1) is 24.1. The van der Waals surface area contributed by atoms with Crippen molar-refractivity contribution < 1.29 is 9.47 Å². The van der Waals surface area contributed by atoms with Crippen LogP contribution in [0.25, 0.3) is 21.9 Å². The van der Waals surface area contributed by atoms with Gasteiger partial charge in [0.25, 0.3) is 0 Å². The minimum absolute atomic E-state index is 0.838. The summed E-state index contributed by atoms with van der Waals surface area (Å²) in [6, 6.07) is 38.6. The number of aryl methyl sites for hydroxylation is 1. The highest BCUT2D eigenvalue weighted by atomic mass is 127. The van der Waals surface area contributed by atoms with Gasteiger partial charge in [-0.2, -0.15) is 0 Å². The average Bonchev–Trinajstić information content (AvgIpc) is 2.92. The Morgan fingerprint density at radius 2 is 1.00 bits per heavy atom. The van der Waals surface area contributed by atoms with Crippen LogP contribution in [-0.2, 0) is 0 Å². The summed E-state index contributed by atoms with van der Waals surface area (Å²) in [7, 11) is 3.40. The van der Waals surface area contributed by atoms with Crippen molar-refractivity contribution >= 4 is 44.5 Å². The summed E-state index contributed by atoms with van der Waals surface area (Å²) < 4.78 is 12.1. The fourth-order valence-corrected chi connectivity index (χ4v) is 5.29. The van der Waals surface area contributed by atoms with Gasteiger partial charge in [0.05, 0.1) is 14.2 Å². The van der Waals surface area contributed by atoms with E-state index in [0.717, 1.165) is 28.2 Å². The van der Waals surface area contributed by atoms with Crippen LogP contribution in [0.1, 0.15) is 27.8 Å². The second-order valence-corrected chi connectivity index (χ2v) is 9.91. The Morgan fingerprint density at radius 3 is 1.50 bits per heavy atom. The third-order valence-electron chi connectivity index (χ3n) is 6.45. The van der Waals surface area contributed by atoms with Gasteiger partial charge in [0.15, 0.2) is 0 Å².